The third-order valence-electron chi connectivity index (χ3n) is 4.74. The van der Waals surface area contributed by atoms with Crippen LogP contribution >= 0.6 is 0 Å². The van der Waals surface area contributed by atoms with Gasteiger partial charge >= 0.3 is 0 Å². The number of carbonyl (C=O) groups excluding carboxylic acids is 1. The largest absolute Gasteiger partial charge is 0.494 e. The van der Waals surface area contributed by atoms with E-state index in [1.54, 1.807) is 42.5 Å². The lowest BCUT2D eigenvalue weighted by atomic mass is 9.98. The maximum Gasteiger partial charge on any atom is 0.229 e. The van der Waals surface area contributed by atoms with Crippen molar-refractivity contribution < 1.29 is 27.5 Å². The minimum Gasteiger partial charge on any atom is -0.494 e. The lowest BCUT2D eigenvalue weighted by Crippen LogP contribution is -2.09. The summed E-state index contributed by atoms with van der Waals surface area (Å²) in [5.41, 5.74) is 1.85. The van der Waals surface area contributed by atoms with Gasteiger partial charge in [0.25, 0.3) is 0 Å². The Morgan fingerprint density at radius 2 is 1.87 bits per heavy atom. The first-order valence-electron chi connectivity index (χ1n) is 10.2. The number of carbonyl (C=O) groups is 1. The molecule has 0 amide bonds. The Morgan fingerprint density at radius 1 is 1.13 bits per heavy atom. The summed E-state index contributed by atoms with van der Waals surface area (Å²) in [5, 5.41) is 9.43. The number of aryl methyl sites for hydroxylation is 1. The Bertz CT molecular complexity index is 1150. The van der Waals surface area contributed by atoms with Gasteiger partial charge < -0.3 is 14.3 Å². The van der Waals surface area contributed by atoms with E-state index in [9.17, 15) is 13.2 Å². The molecule has 0 aliphatic heterocycles. The highest BCUT2D eigenvalue weighted by Gasteiger charge is 2.22. The van der Waals surface area contributed by atoms with Crippen LogP contribution in [0.15, 0.2) is 46.9 Å². The van der Waals surface area contributed by atoms with E-state index in [2.05, 4.69) is 11.6 Å². The molecule has 0 fully saturated rings. The van der Waals surface area contributed by atoms with Gasteiger partial charge in [0.1, 0.15) is 17.1 Å². The van der Waals surface area contributed by atoms with E-state index in [0.717, 1.165) is 19.1 Å². The van der Waals surface area contributed by atoms with Crippen molar-refractivity contribution in [2.24, 2.45) is 0 Å². The van der Waals surface area contributed by atoms with Crippen LogP contribution in [0, 0.1) is 0 Å². The molecule has 0 atom stereocenters. The van der Waals surface area contributed by atoms with Gasteiger partial charge in [-0.15, -0.1) is 0 Å². The molecule has 8 heteroatoms. The molecular formula is C23H27NO6S. The van der Waals surface area contributed by atoms with Gasteiger partial charge in [-0.3, -0.25) is 9.52 Å². The van der Waals surface area contributed by atoms with Crippen LogP contribution in [0.3, 0.4) is 0 Å². The second-order valence-electron chi connectivity index (χ2n) is 7.37. The van der Waals surface area contributed by atoms with E-state index in [1.165, 1.54) is 0 Å². The van der Waals surface area contributed by atoms with Crippen molar-refractivity contribution in [3.63, 3.8) is 0 Å². The number of ether oxygens (including phenoxy) is 1. The lowest BCUT2D eigenvalue weighted by Gasteiger charge is -2.07. The monoisotopic (exact) mass is 445 g/mol. The van der Waals surface area contributed by atoms with Crippen molar-refractivity contribution in [2.75, 3.05) is 24.2 Å². The molecule has 0 unspecified atom stereocenters. The summed E-state index contributed by atoms with van der Waals surface area (Å²) in [7, 11) is -3.45. The van der Waals surface area contributed by atoms with Gasteiger partial charge in [0.2, 0.25) is 10.0 Å². The van der Waals surface area contributed by atoms with Crippen LogP contribution in [-0.4, -0.2) is 38.8 Å². The van der Waals surface area contributed by atoms with E-state index >= 15 is 0 Å². The number of aliphatic hydroxyl groups is 1. The molecule has 1 heterocycles. The lowest BCUT2D eigenvalue weighted by molar-refractivity contribution is 0.103. The van der Waals surface area contributed by atoms with E-state index in [0.29, 0.717) is 58.7 Å². The molecule has 0 radical (unpaired) electrons. The highest BCUT2D eigenvalue weighted by atomic mass is 32.2. The molecule has 0 saturated heterocycles. The number of aliphatic hydroxyl groups excluding tert-OH is 1. The van der Waals surface area contributed by atoms with Crippen molar-refractivity contribution in [1.82, 2.24) is 0 Å². The number of sulfonamides is 1. The molecule has 3 aromatic rings. The van der Waals surface area contributed by atoms with Crippen LogP contribution in [0.1, 0.15) is 47.9 Å². The highest BCUT2D eigenvalue weighted by Crippen LogP contribution is 2.32. The summed E-state index contributed by atoms with van der Waals surface area (Å²) in [6, 6.07) is 11.7. The fourth-order valence-electron chi connectivity index (χ4n) is 3.29. The van der Waals surface area contributed by atoms with Crippen LogP contribution < -0.4 is 9.46 Å². The summed E-state index contributed by atoms with van der Waals surface area (Å²) < 4.78 is 37.2. The van der Waals surface area contributed by atoms with Crippen molar-refractivity contribution in [3.8, 4) is 5.75 Å². The number of hydrogen-bond acceptors (Lipinski definition) is 6. The van der Waals surface area contributed by atoms with Crippen molar-refractivity contribution in [3.05, 3.63) is 59.4 Å². The molecule has 31 heavy (non-hydrogen) atoms. The standard InChI is InChI=1S/C23H27NO6S/c1-3-4-6-21-22(19-15-17(24-31(2,27)28)9-12-20(19)30-21)23(26)16-7-10-18(11-8-16)29-14-5-13-25/h7-12,15,24-25H,3-6,13-14H2,1-2H3. The van der Waals surface area contributed by atoms with E-state index in [4.69, 9.17) is 14.3 Å². The number of ketones is 1. The van der Waals surface area contributed by atoms with Crippen LogP contribution in [-0.2, 0) is 16.4 Å². The number of benzene rings is 2. The molecule has 0 aliphatic carbocycles. The van der Waals surface area contributed by atoms with Gasteiger partial charge in [0, 0.05) is 36.1 Å². The highest BCUT2D eigenvalue weighted by molar-refractivity contribution is 7.92. The maximum atomic E-state index is 13.4. The predicted octanol–water partition coefficient (Wildman–Crippen LogP) is 4.14. The summed E-state index contributed by atoms with van der Waals surface area (Å²) in [4.78, 5) is 13.4. The topological polar surface area (TPSA) is 106 Å². The molecule has 0 aliphatic rings. The van der Waals surface area contributed by atoms with Gasteiger partial charge in [-0.05, 0) is 48.9 Å². The average Bonchev–Trinajstić information content (AvgIpc) is 3.08. The molecule has 0 bridgehead atoms. The number of fused-ring (bicyclic) bond motifs is 1. The normalized spacial score (nSPS) is 11.6. The number of rotatable bonds is 11. The molecule has 2 N–H and O–H groups in total. The second-order valence-corrected chi connectivity index (χ2v) is 9.12. The third-order valence-corrected chi connectivity index (χ3v) is 5.34. The molecule has 2 aromatic carbocycles. The summed E-state index contributed by atoms with van der Waals surface area (Å²) >= 11 is 0. The molecule has 0 spiro atoms. The van der Waals surface area contributed by atoms with Gasteiger partial charge in [-0.25, -0.2) is 8.42 Å². The first-order valence-corrected chi connectivity index (χ1v) is 12.1. The minimum absolute atomic E-state index is 0.0564. The quantitative estimate of drug-likeness (QED) is 0.339. The Kier molecular flexibility index (Phi) is 7.35. The van der Waals surface area contributed by atoms with E-state index in [1.807, 2.05) is 0 Å². The first kappa shape index (κ1) is 22.8. The molecule has 7 nitrogen and oxygen atoms in total. The van der Waals surface area contributed by atoms with Crippen molar-refractivity contribution in [2.45, 2.75) is 32.6 Å². The second kappa shape index (κ2) is 9.98. The summed E-state index contributed by atoms with van der Waals surface area (Å²) in [6.45, 7) is 2.52. The Labute approximate surface area is 182 Å². The maximum absolute atomic E-state index is 13.4. The van der Waals surface area contributed by atoms with Gasteiger partial charge in [0.15, 0.2) is 5.78 Å². The summed E-state index contributed by atoms with van der Waals surface area (Å²) in [6.07, 6.45) is 4.04. The zero-order valence-electron chi connectivity index (χ0n) is 17.7. The smallest absolute Gasteiger partial charge is 0.229 e. The number of unbranched alkanes of at least 4 members (excludes halogenated alkanes) is 1. The molecule has 1 aromatic heterocycles. The van der Waals surface area contributed by atoms with Crippen molar-refractivity contribution in [1.29, 1.82) is 0 Å². The van der Waals surface area contributed by atoms with E-state index in [-0.39, 0.29) is 12.4 Å². The Morgan fingerprint density at radius 3 is 2.52 bits per heavy atom. The Balaban J connectivity index is 1.98. The van der Waals surface area contributed by atoms with Crippen LogP contribution in [0.5, 0.6) is 5.75 Å². The SMILES string of the molecule is CCCCc1oc2ccc(NS(C)(=O)=O)cc2c1C(=O)c1ccc(OCCCO)cc1. The number of anilines is 1. The molecule has 0 saturated carbocycles. The molecule has 166 valence electrons. The molecular weight excluding hydrogens is 418 g/mol. The first-order chi connectivity index (χ1) is 14.8. The van der Waals surface area contributed by atoms with E-state index < -0.39 is 10.0 Å². The van der Waals surface area contributed by atoms with Crippen LogP contribution in [0.4, 0.5) is 5.69 Å². The Hall–Kier alpha value is -2.84. The number of furan rings is 1. The number of hydrogen-bond donors (Lipinski definition) is 2. The predicted molar refractivity (Wildman–Crippen MR) is 120 cm³/mol. The summed E-state index contributed by atoms with van der Waals surface area (Å²) in [5.74, 6) is 1.03. The minimum atomic E-state index is -3.45. The average molecular weight is 446 g/mol. The van der Waals surface area contributed by atoms with Crippen LogP contribution in [0.25, 0.3) is 11.0 Å². The van der Waals surface area contributed by atoms with Gasteiger partial charge in [0.05, 0.1) is 18.4 Å². The van der Waals surface area contributed by atoms with Gasteiger partial charge in [-0.2, -0.15) is 0 Å². The van der Waals surface area contributed by atoms with Gasteiger partial charge in [-0.1, -0.05) is 13.3 Å². The van der Waals surface area contributed by atoms with Crippen LogP contribution in [0.2, 0.25) is 0 Å². The third kappa shape index (κ3) is 5.86. The zero-order chi connectivity index (χ0) is 22.4. The fourth-order valence-corrected chi connectivity index (χ4v) is 3.84. The fraction of sp³-hybridized carbons (Fsp3) is 0.348. The molecule has 3 rings (SSSR count). The number of nitrogens with one attached hydrogen (secondary N) is 1. The van der Waals surface area contributed by atoms with Crippen molar-refractivity contribution >= 4 is 32.5 Å². The zero-order valence-corrected chi connectivity index (χ0v) is 18.5.